The van der Waals surface area contributed by atoms with Gasteiger partial charge in [0.2, 0.25) is 21.8 Å². The number of carbonyl (C=O) groups excluding carboxylic acids is 2. The lowest BCUT2D eigenvalue weighted by Gasteiger charge is -2.33. The molecule has 1 fully saturated rings. The van der Waals surface area contributed by atoms with Crippen LogP contribution in [-0.4, -0.2) is 63.2 Å². The predicted molar refractivity (Wildman–Crippen MR) is 175 cm³/mol. The molecule has 0 aromatic heterocycles. The van der Waals surface area contributed by atoms with Gasteiger partial charge >= 0.3 is 0 Å². The molecule has 1 N–H and O–H groups in total. The van der Waals surface area contributed by atoms with Crippen molar-refractivity contribution in [2.75, 3.05) is 30.3 Å². The number of ether oxygens (including phenoxy) is 2. The van der Waals surface area contributed by atoms with E-state index in [1.165, 1.54) is 4.31 Å². The number of sulfonamides is 1. The lowest BCUT2D eigenvalue weighted by molar-refractivity contribution is -0.141. The first-order valence-electron chi connectivity index (χ1n) is 15.4. The number of benzene rings is 3. The van der Waals surface area contributed by atoms with E-state index in [2.05, 4.69) is 5.32 Å². The molecule has 0 radical (unpaired) electrons. The molecule has 11 heteroatoms. The van der Waals surface area contributed by atoms with Crippen molar-refractivity contribution in [1.82, 2.24) is 10.2 Å². The first-order chi connectivity index (χ1) is 21.7. The van der Waals surface area contributed by atoms with E-state index in [0.29, 0.717) is 41.8 Å². The van der Waals surface area contributed by atoms with Crippen LogP contribution in [0, 0.1) is 0 Å². The van der Waals surface area contributed by atoms with Gasteiger partial charge in [-0.3, -0.25) is 13.9 Å². The van der Waals surface area contributed by atoms with Gasteiger partial charge in [0, 0.05) is 43.1 Å². The summed E-state index contributed by atoms with van der Waals surface area (Å²) in [5, 5.41) is 3.79. The Kier molecular flexibility index (Phi) is 10.9. The van der Waals surface area contributed by atoms with E-state index in [9.17, 15) is 18.0 Å². The average molecular weight is 654 g/mol. The SMILES string of the molecule is CS(=O)(=O)N(CCCC(=O)N(Cc1ccc(Cl)cc1)C(Cc1ccccc1)C(=O)NC1CCCC1)c1ccc2c(c1)OCCO2. The molecule has 2 amide bonds. The van der Waals surface area contributed by atoms with Crippen molar-refractivity contribution >= 4 is 39.1 Å². The van der Waals surface area contributed by atoms with E-state index < -0.39 is 16.1 Å². The number of amides is 2. The van der Waals surface area contributed by atoms with Crippen LogP contribution < -0.4 is 19.1 Å². The average Bonchev–Trinajstić information content (AvgIpc) is 3.54. The van der Waals surface area contributed by atoms with Gasteiger partial charge in [-0.15, -0.1) is 0 Å². The Morgan fingerprint density at radius 3 is 2.31 bits per heavy atom. The molecule has 1 saturated carbocycles. The van der Waals surface area contributed by atoms with Crippen LogP contribution in [0.15, 0.2) is 72.8 Å². The summed E-state index contributed by atoms with van der Waals surface area (Å²) >= 11 is 6.14. The monoisotopic (exact) mass is 653 g/mol. The van der Waals surface area contributed by atoms with Crippen molar-refractivity contribution in [2.45, 2.75) is 63.6 Å². The number of hydrogen-bond donors (Lipinski definition) is 1. The summed E-state index contributed by atoms with van der Waals surface area (Å²) in [4.78, 5) is 29.6. The third-order valence-corrected chi connectivity index (χ3v) is 9.65. The molecular formula is C34H40ClN3O6S. The first-order valence-corrected chi connectivity index (χ1v) is 17.7. The van der Waals surface area contributed by atoms with Gasteiger partial charge in [0.05, 0.1) is 11.9 Å². The summed E-state index contributed by atoms with van der Waals surface area (Å²) in [6, 6.07) is 21.3. The molecule has 240 valence electrons. The van der Waals surface area contributed by atoms with Crippen LogP contribution in [0.3, 0.4) is 0 Å². The van der Waals surface area contributed by atoms with Gasteiger partial charge < -0.3 is 19.7 Å². The van der Waals surface area contributed by atoms with E-state index in [1.54, 1.807) is 35.2 Å². The van der Waals surface area contributed by atoms with Crippen LogP contribution in [0.5, 0.6) is 11.5 Å². The summed E-state index contributed by atoms with van der Waals surface area (Å²) in [5.41, 5.74) is 2.22. The normalized spacial score (nSPS) is 15.3. The minimum Gasteiger partial charge on any atom is -0.486 e. The smallest absolute Gasteiger partial charge is 0.243 e. The van der Waals surface area contributed by atoms with E-state index in [4.69, 9.17) is 21.1 Å². The Bertz CT molecular complexity index is 1560. The molecule has 3 aromatic rings. The molecule has 0 saturated heterocycles. The number of halogens is 1. The van der Waals surface area contributed by atoms with Gasteiger partial charge in [-0.1, -0.05) is 66.9 Å². The highest BCUT2D eigenvalue weighted by Gasteiger charge is 2.32. The molecule has 1 unspecified atom stereocenters. The van der Waals surface area contributed by atoms with Gasteiger partial charge in [-0.25, -0.2) is 8.42 Å². The first kappa shape index (κ1) is 32.6. The van der Waals surface area contributed by atoms with Crippen molar-refractivity contribution in [3.63, 3.8) is 0 Å². The van der Waals surface area contributed by atoms with E-state index in [-0.39, 0.29) is 43.8 Å². The van der Waals surface area contributed by atoms with E-state index in [1.807, 2.05) is 42.5 Å². The van der Waals surface area contributed by atoms with Crippen LogP contribution >= 0.6 is 11.6 Å². The van der Waals surface area contributed by atoms with Crippen molar-refractivity contribution in [2.24, 2.45) is 0 Å². The van der Waals surface area contributed by atoms with Gasteiger partial charge in [-0.05, 0) is 54.7 Å². The Labute approximate surface area is 270 Å². The molecule has 45 heavy (non-hydrogen) atoms. The highest BCUT2D eigenvalue weighted by molar-refractivity contribution is 7.92. The largest absolute Gasteiger partial charge is 0.486 e. The number of nitrogens with zero attached hydrogens (tertiary/aromatic N) is 2. The Morgan fingerprint density at radius 1 is 0.933 bits per heavy atom. The molecule has 1 aliphatic heterocycles. The summed E-state index contributed by atoms with van der Waals surface area (Å²) in [5.74, 6) is 0.631. The second-order valence-electron chi connectivity index (χ2n) is 11.6. The lowest BCUT2D eigenvalue weighted by atomic mass is 10.0. The maximum absolute atomic E-state index is 14.1. The number of nitrogens with one attached hydrogen (secondary N) is 1. The fraction of sp³-hybridized carbons (Fsp3) is 0.412. The third-order valence-electron chi connectivity index (χ3n) is 8.20. The predicted octanol–water partition coefficient (Wildman–Crippen LogP) is 5.36. The maximum atomic E-state index is 14.1. The summed E-state index contributed by atoms with van der Waals surface area (Å²) < 4.78 is 38.2. The highest BCUT2D eigenvalue weighted by Crippen LogP contribution is 2.35. The second kappa shape index (κ2) is 15.0. The van der Waals surface area contributed by atoms with Crippen LogP contribution in [0.2, 0.25) is 5.02 Å². The highest BCUT2D eigenvalue weighted by atomic mass is 35.5. The molecule has 1 atom stereocenters. The summed E-state index contributed by atoms with van der Waals surface area (Å²) in [7, 11) is -3.66. The minimum absolute atomic E-state index is 0.0478. The fourth-order valence-corrected chi connectivity index (χ4v) is 6.98. The molecule has 3 aromatic carbocycles. The van der Waals surface area contributed by atoms with Crippen molar-refractivity contribution in [3.8, 4) is 11.5 Å². The van der Waals surface area contributed by atoms with Gasteiger partial charge in [0.25, 0.3) is 0 Å². The van der Waals surface area contributed by atoms with Crippen molar-refractivity contribution in [1.29, 1.82) is 0 Å². The lowest BCUT2D eigenvalue weighted by Crippen LogP contribution is -2.52. The number of fused-ring (bicyclic) bond motifs is 1. The Morgan fingerprint density at radius 2 is 1.62 bits per heavy atom. The molecule has 0 bridgehead atoms. The zero-order valence-electron chi connectivity index (χ0n) is 25.5. The van der Waals surface area contributed by atoms with Crippen LogP contribution in [0.4, 0.5) is 5.69 Å². The van der Waals surface area contributed by atoms with Gasteiger partial charge in [-0.2, -0.15) is 0 Å². The molecule has 1 heterocycles. The summed E-state index contributed by atoms with van der Waals surface area (Å²) in [6.07, 6.45) is 5.79. The van der Waals surface area contributed by atoms with E-state index in [0.717, 1.165) is 43.1 Å². The van der Waals surface area contributed by atoms with Crippen LogP contribution in [0.25, 0.3) is 0 Å². The number of anilines is 1. The number of carbonyl (C=O) groups is 2. The summed E-state index contributed by atoms with van der Waals surface area (Å²) in [6.45, 7) is 1.10. The molecule has 1 aliphatic carbocycles. The maximum Gasteiger partial charge on any atom is 0.243 e. The van der Waals surface area contributed by atoms with Crippen LogP contribution in [-0.2, 0) is 32.6 Å². The standard InChI is InChI=1S/C34H40ClN3O6S/c1-45(41,42)38(29-17-18-31-32(23-29)44-21-20-43-31)19-7-12-33(39)37(24-26-13-15-27(35)16-14-26)30(22-25-8-3-2-4-9-25)34(40)36-28-10-5-6-11-28/h2-4,8-9,13-18,23,28,30H,5-7,10-12,19-22,24H2,1H3,(H,36,40). The van der Waals surface area contributed by atoms with E-state index >= 15 is 0 Å². The minimum atomic E-state index is -3.66. The fourth-order valence-electron chi connectivity index (χ4n) is 5.90. The van der Waals surface area contributed by atoms with Gasteiger partial charge in [0.15, 0.2) is 11.5 Å². The number of hydrogen-bond acceptors (Lipinski definition) is 6. The number of rotatable bonds is 13. The Hall–Kier alpha value is -3.76. The Balaban J connectivity index is 1.37. The van der Waals surface area contributed by atoms with Gasteiger partial charge in [0.1, 0.15) is 19.3 Å². The molecule has 2 aliphatic rings. The molecular weight excluding hydrogens is 614 g/mol. The zero-order chi connectivity index (χ0) is 31.8. The topological polar surface area (TPSA) is 105 Å². The third kappa shape index (κ3) is 8.92. The zero-order valence-corrected chi connectivity index (χ0v) is 27.1. The molecule has 5 rings (SSSR count). The quantitative estimate of drug-likeness (QED) is 0.267. The molecule has 0 spiro atoms. The van der Waals surface area contributed by atoms with Crippen molar-refractivity contribution in [3.05, 3.63) is 88.9 Å². The van der Waals surface area contributed by atoms with Crippen LogP contribution in [0.1, 0.15) is 49.7 Å². The second-order valence-corrected chi connectivity index (χ2v) is 14.0. The molecule has 9 nitrogen and oxygen atoms in total. The van der Waals surface area contributed by atoms with Crippen molar-refractivity contribution < 1.29 is 27.5 Å².